The van der Waals surface area contributed by atoms with Crippen molar-refractivity contribution in [3.63, 3.8) is 0 Å². The average molecular weight is 207 g/mol. The van der Waals surface area contributed by atoms with Crippen LogP contribution in [0.25, 0.3) is 0 Å². The molecule has 0 spiro atoms. The minimum absolute atomic E-state index is 0.928. The second-order valence-electron chi connectivity index (χ2n) is 3.67. The van der Waals surface area contributed by atoms with Crippen molar-refractivity contribution in [3.8, 4) is 0 Å². The SMILES string of the molecule is CNCC/C1=C(\OC)C/C=C\CC=CC1. The van der Waals surface area contributed by atoms with Crippen LogP contribution in [0.3, 0.4) is 0 Å². The fourth-order valence-corrected chi connectivity index (χ4v) is 1.69. The van der Waals surface area contributed by atoms with Crippen molar-refractivity contribution in [2.45, 2.75) is 25.7 Å². The molecule has 0 saturated carbocycles. The Labute approximate surface area is 92.7 Å². The van der Waals surface area contributed by atoms with Crippen molar-refractivity contribution < 1.29 is 4.74 Å². The van der Waals surface area contributed by atoms with E-state index >= 15 is 0 Å². The van der Waals surface area contributed by atoms with Gasteiger partial charge in [-0.05, 0) is 38.4 Å². The third-order valence-corrected chi connectivity index (χ3v) is 2.59. The summed E-state index contributed by atoms with van der Waals surface area (Å²) in [5, 5.41) is 3.18. The zero-order valence-electron chi connectivity index (χ0n) is 9.75. The number of nitrogens with one attached hydrogen (secondary N) is 1. The second kappa shape index (κ2) is 7.30. The lowest BCUT2D eigenvalue weighted by Gasteiger charge is -2.11. The van der Waals surface area contributed by atoms with E-state index in [1.54, 1.807) is 7.11 Å². The average Bonchev–Trinajstić information content (AvgIpc) is 2.37. The predicted molar refractivity (Wildman–Crippen MR) is 64.7 cm³/mol. The third kappa shape index (κ3) is 4.34. The van der Waals surface area contributed by atoms with E-state index in [1.165, 1.54) is 5.57 Å². The van der Waals surface area contributed by atoms with Gasteiger partial charge in [0, 0.05) is 6.42 Å². The van der Waals surface area contributed by atoms with E-state index in [2.05, 4.69) is 29.6 Å². The molecule has 0 bridgehead atoms. The molecule has 0 amide bonds. The van der Waals surface area contributed by atoms with Crippen LogP contribution in [0.2, 0.25) is 0 Å². The Morgan fingerprint density at radius 1 is 1.20 bits per heavy atom. The smallest absolute Gasteiger partial charge is 0.0988 e. The highest BCUT2D eigenvalue weighted by Gasteiger charge is 2.05. The maximum Gasteiger partial charge on any atom is 0.0988 e. The topological polar surface area (TPSA) is 21.3 Å². The second-order valence-corrected chi connectivity index (χ2v) is 3.67. The van der Waals surface area contributed by atoms with E-state index in [1.807, 2.05) is 7.05 Å². The number of rotatable bonds is 4. The summed E-state index contributed by atoms with van der Waals surface area (Å²) in [6.45, 7) is 1.01. The molecule has 0 radical (unpaired) electrons. The van der Waals surface area contributed by atoms with E-state index in [0.29, 0.717) is 0 Å². The third-order valence-electron chi connectivity index (χ3n) is 2.59. The molecule has 1 rings (SSSR count). The van der Waals surface area contributed by atoms with E-state index in [9.17, 15) is 0 Å². The fourth-order valence-electron chi connectivity index (χ4n) is 1.69. The van der Waals surface area contributed by atoms with Gasteiger partial charge in [0.2, 0.25) is 0 Å². The molecule has 15 heavy (non-hydrogen) atoms. The van der Waals surface area contributed by atoms with Gasteiger partial charge in [-0.3, -0.25) is 0 Å². The minimum Gasteiger partial charge on any atom is -0.501 e. The zero-order valence-corrected chi connectivity index (χ0v) is 9.75. The normalized spacial score (nSPS) is 24.1. The van der Waals surface area contributed by atoms with Gasteiger partial charge < -0.3 is 10.1 Å². The summed E-state index contributed by atoms with van der Waals surface area (Å²) in [6, 6.07) is 0. The molecule has 1 aliphatic carbocycles. The number of methoxy groups -OCH3 is 1. The van der Waals surface area contributed by atoms with Gasteiger partial charge in [-0.1, -0.05) is 24.3 Å². The first kappa shape index (κ1) is 12.1. The van der Waals surface area contributed by atoms with Crippen molar-refractivity contribution in [2.75, 3.05) is 20.7 Å². The highest BCUT2D eigenvalue weighted by atomic mass is 16.5. The van der Waals surface area contributed by atoms with Crippen LogP contribution in [0.15, 0.2) is 35.6 Å². The molecule has 0 heterocycles. The highest BCUT2D eigenvalue weighted by Crippen LogP contribution is 2.19. The standard InChI is InChI=1S/C13H21NO/c1-14-11-10-12-8-6-4-3-5-7-9-13(12)15-2/h4-7,14H,3,8-11H2,1-2H3/b6-4?,7-5-,13-12-. The fraction of sp³-hybridized carbons (Fsp3) is 0.538. The Morgan fingerprint density at radius 2 is 1.93 bits per heavy atom. The molecule has 0 saturated heterocycles. The summed E-state index contributed by atoms with van der Waals surface area (Å²) < 4.78 is 5.46. The molecule has 2 heteroatoms. The van der Waals surface area contributed by atoms with E-state index in [4.69, 9.17) is 4.74 Å². The van der Waals surface area contributed by atoms with Crippen LogP contribution in [0.1, 0.15) is 25.7 Å². The van der Waals surface area contributed by atoms with Gasteiger partial charge in [0.25, 0.3) is 0 Å². The van der Waals surface area contributed by atoms with Crippen molar-refractivity contribution >= 4 is 0 Å². The first-order valence-electron chi connectivity index (χ1n) is 5.58. The molecule has 0 aliphatic heterocycles. The van der Waals surface area contributed by atoms with Gasteiger partial charge in [0.05, 0.1) is 12.9 Å². The molecule has 0 aromatic rings. The summed E-state index contributed by atoms with van der Waals surface area (Å²) in [7, 11) is 3.75. The van der Waals surface area contributed by atoms with Crippen LogP contribution in [-0.4, -0.2) is 20.7 Å². The van der Waals surface area contributed by atoms with Crippen LogP contribution in [0.5, 0.6) is 0 Å². The van der Waals surface area contributed by atoms with Gasteiger partial charge >= 0.3 is 0 Å². The maximum absolute atomic E-state index is 5.46. The first-order chi connectivity index (χ1) is 7.38. The molecule has 1 N–H and O–H groups in total. The number of allylic oxidation sites excluding steroid dienone is 4. The molecule has 84 valence electrons. The van der Waals surface area contributed by atoms with Crippen molar-refractivity contribution in [1.82, 2.24) is 5.32 Å². The summed E-state index contributed by atoms with van der Waals surface area (Å²) >= 11 is 0. The van der Waals surface area contributed by atoms with E-state index in [0.717, 1.165) is 38.0 Å². The van der Waals surface area contributed by atoms with Gasteiger partial charge in [-0.15, -0.1) is 0 Å². The van der Waals surface area contributed by atoms with Gasteiger partial charge in [-0.25, -0.2) is 0 Å². The Morgan fingerprint density at radius 3 is 2.60 bits per heavy atom. The Bertz CT molecular complexity index is 264. The van der Waals surface area contributed by atoms with Gasteiger partial charge in [-0.2, -0.15) is 0 Å². The molecule has 2 nitrogen and oxygen atoms in total. The minimum atomic E-state index is 0.928. The predicted octanol–water partition coefficient (Wildman–Crippen LogP) is 2.79. The van der Waals surface area contributed by atoms with Crippen LogP contribution in [0, 0.1) is 0 Å². The van der Waals surface area contributed by atoms with Gasteiger partial charge in [0.1, 0.15) is 0 Å². The van der Waals surface area contributed by atoms with Crippen molar-refractivity contribution in [3.05, 3.63) is 35.6 Å². The maximum atomic E-state index is 5.46. The Balaban J connectivity index is 2.73. The molecule has 0 aromatic carbocycles. The molecule has 0 atom stereocenters. The lowest BCUT2D eigenvalue weighted by molar-refractivity contribution is 0.277. The molecule has 0 fully saturated rings. The highest BCUT2D eigenvalue weighted by molar-refractivity contribution is 5.17. The summed E-state index contributed by atoms with van der Waals surface area (Å²) in [5.74, 6) is 1.13. The molecule has 0 unspecified atom stereocenters. The van der Waals surface area contributed by atoms with E-state index < -0.39 is 0 Å². The molecule has 0 aromatic heterocycles. The van der Waals surface area contributed by atoms with Crippen LogP contribution >= 0.6 is 0 Å². The van der Waals surface area contributed by atoms with Crippen LogP contribution in [0.4, 0.5) is 0 Å². The Kier molecular flexibility index (Phi) is 5.86. The largest absolute Gasteiger partial charge is 0.501 e. The quantitative estimate of drug-likeness (QED) is 0.716. The van der Waals surface area contributed by atoms with Crippen LogP contribution < -0.4 is 5.32 Å². The summed E-state index contributed by atoms with van der Waals surface area (Å²) in [6.07, 6.45) is 12.9. The molecule has 1 aliphatic rings. The van der Waals surface area contributed by atoms with Crippen molar-refractivity contribution in [1.29, 1.82) is 0 Å². The lowest BCUT2D eigenvalue weighted by Crippen LogP contribution is -2.09. The number of ether oxygens (including phenoxy) is 1. The van der Waals surface area contributed by atoms with Crippen LogP contribution in [-0.2, 0) is 4.74 Å². The zero-order chi connectivity index (χ0) is 10.9. The lowest BCUT2D eigenvalue weighted by atomic mass is 10.1. The number of hydrogen-bond acceptors (Lipinski definition) is 2. The molecular weight excluding hydrogens is 186 g/mol. The summed E-state index contributed by atoms with van der Waals surface area (Å²) in [4.78, 5) is 0. The monoisotopic (exact) mass is 207 g/mol. The first-order valence-corrected chi connectivity index (χ1v) is 5.58. The Hall–Kier alpha value is -1.02. The molecular formula is C13H21NO. The van der Waals surface area contributed by atoms with Crippen molar-refractivity contribution in [2.24, 2.45) is 0 Å². The van der Waals surface area contributed by atoms with Gasteiger partial charge in [0.15, 0.2) is 0 Å². The summed E-state index contributed by atoms with van der Waals surface area (Å²) in [5.41, 5.74) is 1.41. The number of hydrogen-bond donors (Lipinski definition) is 1. The van der Waals surface area contributed by atoms with E-state index in [-0.39, 0.29) is 0 Å².